The molecule has 0 amide bonds. The Morgan fingerprint density at radius 3 is 2.38 bits per heavy atom. The molecule has 160 valence electrons. The number of aryl methyl sites for hydroxylation is 2. The van der Waals surface area contributed by atoms with Crippen LogP contribution in [0.1, 0.15) is 41.9 Å². The zero-order valence-corrected chi connectivity index (χ0v) is 19.6. The van der Waals surface area contributed by atoms with Gasteiger partial charge in [-0.15, -0.1) is 11.3 Å². The number of sulfonamides is 1. The van der Waals surface area contributed by atoms with E-state index in [0.29, 0.717) is 23.9 Å². The Morgan fingerprint density at radius 1 is 1.21 bits per heavy atom. The molecule has 2 N–H and O–H groups in total. The average Bonchev–Trinajstić information content (AvgIpc) is 3.00. The number of rotatable bonds is 8. The van der Waals surface area contributed by atoms with Gasteiger partial charge in [0.15, 0.2) is 5.96 Å². The first-order valence-corrected chi connectivity index (χ1v) is 11.9. The second-order valence-corrected chi connectivity index (χ2v) is 10.3. The highest BCUT2D eigenvalue weighted by Crippen LogP contribution is 2.18. The Bertz CT molecular complexity index is 934. The van der Waals surface area contributed by atoms with Crippen LogP contribution < -0.4 is 10.6 Å². The van der Waals surface area contributed by atoms with Crippen molar-refractivity contribution in [3.8, 4) is 0 Å². The van der Waals surface area contributed by atoms with Crippen LogP contribution in [0, 0.1) is 13.8 Å². The molecular formula is C20H31N5O2S2. The summed E-state index contributed by atoms with van der Waals surface area (Å²) in [6.45, 7) is 11.6. The highest BCUT2D eigenvalue weighted by Gasteiger charge is 2.22. The number of aliphatic imine (C=N–C) groups is 1. The van der Waals surface area contributed by atoms with Crippen LogP contribution >= 0.6 is 11.3 Å². The zero-order chi connectivity index (χ0) is 21.6. The van der Waals surface area contributed by atoms with Crippen LogP contribution in [0.3, 0.4) is 0 Å². The Balaban J connectivity index is 2.06. The molecule has 1 heterocycles. The molecule has 1 aromatic carbocycles. The predicted molar refractivity (Wildman–Crippen MR) is 120 cm³/mol. The molecule has 0 radical (unpaired) electrons. The summed E-state index contributed by atoms with van der Waals surface area (Å²) in [5.74, 6) is 0.717. The number of guanidine groups is 1. The van der Waals surface area contributed by atoms with Crippen LogP contribution in [-0.4, -0.2) is 43.3 Å². The van der Waals surface area contributed by atoms with Gasteiger partial charge in [-0.25, -0.2) is 18.4 Å². The van der Waals surface area contributed by atoms with E-state index in [1.807, 2.05) is 46.8 Å². The molecule has 0 saturated heterocycles. The first kappa shape index (κ1) is 23.3. The fourth-order valence-electron chi connectivity index (χ4n) is 2.62. The number of hydrogen-bond acceptors (Lipinski definition) is 5. The number of benzene rings is 1. The molecule has 0 bridgehead atoms. The monoisotopic (exact) mass is 437 g/mol. The number of nitrogens with one attached hydrogen (secondary N) is 2. The number of aromatic nitrogens is 1. The van der Waals surface area contributed by atoms with Gasteiger partial charge in [-0.1, -0.05) is 12.1 Å². The molecule has 0 unspecified atom stereocenters. The predicted octanol–water partition coefficient (Wildman–Crippen LogP) is 3.04. The minimum atomic E-state index is -3.47. The summed E-state index contributed by atoms with van der Waals surface area (Å²) in [5.41, 5.74) is 1.98. The molecule has 1 aromatic heterocycles. The van der Waals surface area contributed by atoms with Crippen molar-refractivity contribution in [2.45, 2.75) is 58.6 Å². The van der Waals surface area contributed by atoms with Gasteiger partial charge in [-0.2, -0.15) is 4.31 Å². The van der Waals surface area contributed by atoms with E-state index >= 15 is 0 Å². The number of thiazole rings is 1. The summed E-state index contributed by atoms with van der Waals surface area (Å²) in [4.78, 5) is 10.5. The third-order valence-corrected chi connectivity index (χ3v) is 7.63. The maximum Gasteiger partial charge on any atom is 0.243 e. The topological polar surface area (TPSA) is 86.7 Å². The van der Waals surface area contributed by atoms with E-state index in [2.05, 4.69) is 20.6 Å². The average molecular weight is 438 g/mol. The van der Waals surface area contributed by atoms with E-state index in [0.717, 1.165) is 22.8 Å². The molecule has 2 aromatic rings. The van der Waals surface area contributed by atoms with Crippen molar-refractivity contribution < 1.29 is 8.42 Å². The quantitative estimate of drug-likeness (QED) is 0.490. The molecule has 0 saturated carbocycles. The summed E-state index contributed by atoms with van der Waals surface area (Å²) < 4.78 is 26.5. The lowest BCUT2D eigenvalue weighted by Crippen LogP contribution is -2.36. The molecule has 0 aliphatic rings. The Morgan fingerprint density at radius 2 is 1.86 bits per heavy atom. The van der Waals surface area contributed by atoms with Crippen LogP contribution in [-0.2, 0) is 23.1 Å². The van der Waals surface area contributed by atoms with E-state index in [9.17, 15) is 8.42 Å². The standard InChI is InChI=1S/C20H31N5O2S2/c1-7-21-20(23-13-19-15(4)24-16(5)28-19)22-12-17-8-10-18(11-9-17)29(26,27)25(6)14(2)3/h8-11,14H,7,12-13H2,1-6H3,(H2,21,22,23). The molecule has 2 rings (SSSR count). The molecule has 0 spiro atoms. The Labute approximate surface area is 178 Å². The minimum Gasteiger partial charge on any atom is -0.357 e. The first-order chi connectivity index (χ1) is 13.6. The van der Waals surface area contributed by atoms with Gasteiger partial charge in [-0.3, -0.25) is 0 Å². The maximum absolute atomic E-state index is 12.6. The lowest BCUT2D eigenvalue weighted by Gasteiger charge is -2.21. The van der Waals surface area contributed by atoms with E-state index in [1.54, 1.807) is 30.5 Å². The molecule has 0 fully saturated rings. The second-order valence-electron chi connectivity index (χ2n) is 7.05. The summed E-state index contributed by atoms with van der Waals surface area (Å²) in [7, 11) is -1.87. The van der Waals surface area contributed by atoms with Gasteiger partial charge in [0.05, 0.1) is 28.7 Å². The highest BCUT2D eigenvalue weighted by atomic mass is 32.2. The summed E-state index contributed by atoms with van der Waals surface area (Å²) in [6, 6.07) is 6.81. The molecule has 0 aliphatic carbocycles. The third kappa shape index (κ3) is 6.25. The summed E-state index contributed by atoms with van der Waals surface area (Å²) in [6.07, 6.45) is 0. The van der Waals surface area contributed by atoms with E-state index in [1.165, 1.54) is 9.18 Å². The van der Waals surface area contributed by atoms with E-state index in [4.69, 9.17) is 0 Å². The van der Waals surface area contributed by atoms with Gasteiger partial charge < -0.3 is 10.6 Å². The Hall–Kier alpha value is -1.97. The van der Waals surface area contributed by atoms with Crippen LogP contribution in [0.25, 0.3) is 0 Å². The van der Waals surface area contributed by atoms with Crippen LogP contribution in [0.4, 0.5) is 0 Å². The molecular weight excluding hydrogens is 406 g/mol. The fraction of sp³-hybridized carbons (Fsp3) is 0.500. The molecule has 0 aliphatic heterocycles. The van der Waals surface area contributed by atoms with Crippen LogP contribution in [0.15, 0.2) is 34.2 Å². The van der Waals surface area contributed by atoms with Gasteiger partial charge in [0.2, 0.25) is 10.0 Å². The van der Waals surface area contributed by atoms with Crippen molar-refractivity contribution in [1.82, 2.24) is 19.9 Å². The maximum atomic E-state index is 12.6. The van der Waals surface area contributed by atoms with Gasteiger partial charge in [0, 0.05) is 24.5 Å². The second kappa shape index (κ2) is 10.2. The number of hydrogen-bond donors (Lipinski definition) is 2. The van der Waals surface area contributed by atoms with Gasteiger partial charge >= 0.3 is 0 Å². The van der Waals surface area contributed by atoms with Crippen molar-refractivity contribution in [3.05, 3.63) is 45.4 Å². The van der Waals surface area contributed by atoms with Crippen molar-refractivity contribution in [2.75, 3.05) is 13.6 Å². The minimum absolute atomic E-state index is 0.0935. The van der Waals surface area contributed by atoms with Gasteiger partial charge in [-0.05, 0) is 52.3 Å². The van der Waals surface area contributed by atoms with Crippen molar-refractivity contribution in [3.63, 3.8) is 0 Å². The lowest BCUT2D eigenvalue weighted by atomic mass is 10.2. The van der Waals surface area contributed by atoms with Crippen molar-refractivity contribution in [1.29, 1.82) is 0 Å². The normalized spacial score (nSPS) is 12.6. The third-order valence-electron chi connectivity index (χ3n) is 4.51. The van der Waals surface area contributed by atoms with Crippen molar-refractivity contribution in [2.24, 2.45) is 4.99 Å². The van der Waals surface area contributed by atoms with Crippen molar-refractivity contribution >= 4 is 27.3 Å². The van der Waals surface area contributed by atoms with Crippen LogP contribution in [0.2, 0.25) is 0 Å². The van der Waals surface area contributed by atoms with Gasteiger partial charge in [0.25, 0.3) is 0 Å². The molecule has 9 heteroatoms. The summed E-state index contributed by atoms with van der Waals surface area (Å²) in [5, 5.41) is 7.62. The lowest BCUT2D eigenvalue weighted by molar-refractivity contribution is 0.410. The highest BCUT2D eigenvalue weighted by molar-refractivity contribution is 7.89. The Kier molecular flexibility index (Phi) is 8.18. The molecule has 29 heavy (non-hydrogen) atoms. The van der Waals surface area contributed by atoms with Crippen LogP contribution in [0.5, 0.6) is 0 Å². The SMILES string of the molecule is CCNC(=NCc1ccc(S(=O)(=O)N(C)C(C)C)cc1)NCc1sc(C)nc1C. The van der Waals surface area contributed by atoms with E-state index in [-0.39, 0.29) is 6.04 Å². The largest absolute Gasteiger partial charge is 0.357 e. The van der Waals surface area contributed by atoms with Gasteiger partial charge in [0.1, 0.15) is 0 Å². The smallest absolute Gasteiger partial charge is 0.243 e. The number of nitrogens with zero attached hydrogens (tertiary/aromatic N) is 3. The fourth-order valence-corrected chi connectivity index (χ4v) is 4.87. The molecule has 0 atom stereocenters. The zero-order valence-electron chi connectivity index (χ0n) is 18.0. The van der Waals surface area contributed by atoms with E-state index < -0.39 is 10.0 Å². The summed E-state index contributed by atoms with van der Waals surface area (Å²) >= 11 is 1.68. The first-order valence-electron chi connectivity index (χ1n) is 9.67. The molecule has 7 nitrogen and oxygen atoms in total.